The summed E-state index contributed by atoms with van der Waals surface area (Å²) in [6.45, 7) is 1.38. The maximum atomic E-state index is 12.4. The van der Waals surface area contributed by atoms with Crippen LogP contribution in [0.5, 0.6) is 11.5 Å². The highest BCUT2D eigenvalue weighted by molar-refractivity contribution is 6.33. The van der Waals surface area contributed by atoms with Gasteiger partial charge < -0.3 is 25.0 Å². The molecule has 3 amide bonds. The lowest BCUT2D eigenvalue weighted by molar-refractivity contribution is -0.117. The summed E-state index contributed by atoms with van der Waals surface area (Å²) in [5, 5.41) is 5.97. The van der Waals surface area contributed by atoms with Crippen LogP contribution in [0.25, 0.3) is 0 Å². The zero-order valence-corrected chi connectivity index (χ0v) is 15.2. The number of para-hydroxylation sites is 1. The van der Waals surface area contributed by atoms with Crippen molar-refractivity contribution >= 4 is 34.9 Å². The Balaban J connectivity index is 1.40. The van der Waals surface area contributed by atoms with Gasteiger partial charge in [-0.3, -0.25) is 4.79 Å². The van der Waals surface area contributed by atoms with Gasteiger partial charge >= 0.3 is 6.03 Å². The lowest BCUT2D eigenvalue weighted by Crippen LogP contribution is -2.39. The van der Waals surface area contributed by atoms with Gasteiger partial charge in [-0.1, -0.05) is 23.7 Å². The van der Waals surface area contributed by atoms with Crippen LogP contribution >= 0.6 is 11.6 Å². The highest BCUT2D eigenvalue weighted by Gasteiger charge is 2.32. The predicted octanol–water partition coefficient (Wildman–Crippen LogP) is 3.04. The summed E-state index contributed by atoms with van der Waals surface area (Å²) < 4.78 is 11.1. The van der Waals surface area contributed by atoms with E-state index in [2.05, 4.69) is 10.6 Å². The van der Waals surface area contributed by atoms with Crippen LogP contribution < -0.4 is 25.0 Å². The molecule has 4 rings (SSSR count). The summed E-state index contributed by atoms with van der Waals surface area (Å²) in [5.74, 6) is 1.24. The summed E-state index contributed by atoms with van der Waals surface area (Å²) in [6, 6.07) is 11.7. The van der Waals surface area contributed by atoms with Gasteiger partial charge in [0.2, 0.25) is 5.91 Å². The molecule has 2 aliphatic rings. The largest absolute Gasteiger partial charge is 0.486 e. The number of amides is 3. The minimum Gasteiger partial charge on any atom is -0.486 e. The van der Waals surface area contributed by atoms with Crippen molar-refractivity contribution in [1.29, 1.82) is 0 Å². The molecule has 1 atom stereocenters. The van der Waals surface area contributed by atoms with Crippen molar-refractivity contribution in [3.8, 4) is 11.5 Å². The van der Waals surface area contributed by atoms with Crippen molar-refractivity contribution < 1.29 is 19.1 Å². The second-order valence-electron chi connectivity index (χ2n) is 6.31. The first kappa shape index (κ1) is 17.5. The minimum absolute atomic E-state index is 0.0604. The highest BCUT2D eigenvalue weighted by Crippen LogP contribution is 2.35. The monoisotopic (exact) mass is 387 g/mol. The van der Waals surface area contributed by atoms with Crippen molar-refractivity contribution in [3.63, 3.8) is 0 Å². The number of carbonyl (C=O) groups excluding carboxylic acids is 2. The number of urea groups is 1. The van der Waals surface area contributed by atoms with Crippen LogP contribution in [-0.2, 0) is 4.79 Å². The Morgan fingerprint density at radius 2 is 1.89 bits per heavy atom. The molecular weight excluding hydrogens is 370 g/mol. The maximum Gasteiger partial charge on any atom is 0.319 e. The van der Waals surface area contributed by atoms with E-state index in [0.29, 0.717) is 42.0 Å². The molecular formula is C19H18ClN3O4. The molecule has 0 aliphatic carbocycles. The number of rotatable bonds is 3. The molecule has 0 spiro atoms. The standard InChI is InChI=1S/C19H18ClN3O4/c20-14-3-1-2-4-15(14)22-19(25)21-12-9-18(24)23(11-12)13-5-6-16-17(10-13)27-8-7-26-16/h1-6,10,12H,7-9,11H2,(H2,21,22,25)/t12-/m1/s1. The van der Waals surface area contributed by atoms with Gasteiger partial charge in [0.25, 0.3) is 0 Å². The van der Waals surface area contributed by atoms with Gasteiger partial charge in [-0.25, -0.2) is 4.79 Å². The molecule has 0 radical (unpaired) electrons. The third-order valence-electron chi connectivity index (χ3n) is 4.42. The van der Waals surface area contributed by atoms with Crippen molar-refractivity contribution in [3.05, 3.63) is 47.5 Å². The molecule has 8 heteroatoms. The predicted molar refractivity (Wildman–Crippen MR) is 102 cm³/mol. The van der Waals surface area contributed by atoms with E-state index in [4.69, 9.17) is 21.1 Å². The second-order valence-corrected chi connectivity index (χ2v) is 6.72. The third-order valence-corrected chi connectivity index (χ3v) is 4.75. The number of nitrogens with one attached hydrogen (secondary N) is 2. The van der Waals surface area contributed by atoms with Crippen molar-refractivity contribution in [2.75, 3.05) is 30.0 Å². The number of anilines is 2. The topological polar surface area (TPSA) is 79.9 Å². The first-order valence-corrected chi connectivity index (χ1v) is 9.00. The summed E-state index contributed by atoms with van der Waals surface area (Å²) >= 11 is 6.04. The fraction of sp³-hybridized carbons (Fsp3) is 0.263. The van der Waals surface area contributed by atoms with Crippen LogP contribution in [-0.4, -0.2) is 37.7 Å². The molecule has 0 aromatic heterocycles. The Hall–Kier alpha value is -2.93. The van der Waals surface area contributed by atoms with E-state index >= 15 is 0 Å². The molecule has 0 saturated carbocycles. The van der Waals surface area contributed by atoms with Crippen molar-refractivity contribution in [1.82, 2.24) is 5.32 Å². The average Bonchev–Trinajstić information content (AvgIpc) is 3.03. The Kier molecular flexibility index (Phi) is 4.77. The van der Waals surface area contributed by atoms with Crippen LogP contribution in [0.3, 0.4) is 0 Å². The van der Waals surface area contributed by atoms with E-state index < -0.39 is 6.03 Å². The van der Waals surface area contributed by atoms with Crippen LogP contribution in [0.2, 0.25) is 5.02 Å². The fourth-order valence-electron chi connectivity index (χ4n) is 3.16. The maximum absolute atomic E-state index is 12.4. The summed E-state index contributed by atoms with van der Waals surface area (Å²) in [7, 11) is 0. The number of hydrogen-bond donors (Lipinski definition) is 2. The fourth-order valence-corrected chi connectivity index (χ4v) is 3.34. The number of carbonyl (C=O) groups is 2. The number of nitrogens with zero attached hydrogens (tertiary/aromatic N) is 1. The van der Waals surface area contributed by atoms with Crippen LogP contribution in [0.1, 0.15) is 6.42 Å². The molecule has 1 saturated heterocycles. The van der Waals surface area contributed by atoms with Gasteiger partial charge in [0.05, 0.1) is 16.8 Å². The molecule has 7 nitrogen and oxygen atoms in total. The van der Waals surface area contributed by atoms with Crippen LogP contribution in [0.15, 0.2) is 42.5 Å². The van der Waals surface area contributed by atoms with Crippen LogP contribution in [0, 0.1) is 0 Å². The van der Waals surface area contributed by atoms with Gasteiger partial charge in [0.1, 0.15) is 13.2 Å². The molecule has 140 valence electrons. The van der Waals surface area contributed by atoms with Gasteiger partial charge in [-0.2, -0.15) is 0 Å². The zero-order chi connectivity index (χ0) is 18.8. The van der Waals surface area contributed by atoms with E-state index in [1.165, 1.54) is 0 Å². The Morgan fingerprint density at radius 1 is 1.11 bits per heavy atom. The van der Waals surface area contributed by atoms with E-state index in [-0.39, 0.29) is 18.4 Å². The van der Waals surface area contributed by atoms with E-state index in [1.807, 2.05) is 6.07 Å². The summed E-state index contributed by atoms with van der Waals surface area (Å²) in [6.07, 6.45) is 0.227. The SMILES string of the molecule is O=C(Nc1ccccc1Cl)N[C@@H]1CC(=O)N(c2ccc3c(c2)OCCO3)C1. The lowest BCUT2D eigenvalue weighted by atomic mass is 10.2. The first-order valence-electron chi connectivity index (χ1n) is 8.62. The summed E-state index contributed by atoms with van der Waals surface area (Å²) in [4.78, 5) is 26.3. The molecule has 2 aromatic rings. The highest BCUT2D eigenvalue weighted by atomic mass is 35.5. The minimum atomic E-state index is -0.398. The van der Waals surface area contributed by atoms with Gasteiger partial charge in [0.15, 0.2) is 11.5 Å². The number of halogens is 1. The molecule has 2 N–H and O–H groups in total. The van der Waals surface area contributed by atoms with Gasteiger partial charge in [0, 0.05) is 24.7 Å². The van der Waals surface area contributed by atoms with Crippen LogP contribution in [0.4, 0.5) is 16.2 Å². The van der Waals surface area contributed by atoms with E-state index in [9.17, 15) is 9.59 Å². The van der Waals surface area contributed by atoms with Gasteiger partial charge in [-0.05, 0) is 24.3 Å². The van der Waals surface area contributed by atoms with E-state index in [0.717, 1.165) is 5.69 Å². The molecule has 27 heavy (non-hydrogen) atoms. The van der Waals surface area contributed by atoms with E-state index in [1.54, 1.807) is 41.3 Å². The third kappa shape index (κ3) is 3.78. The molecule has 2 heterocycles. The summed E-state index contributed by atoms with van der Waals surface area (Å²) in [5.41, 5.74) is 1.24. The number of ether oxygens (including phenoxy) is 2. The number of benzene rings is 2. The van der Waals surface area contributed by atoms with Crippen molar-refractivity contribution in [2.24, 2.45) is 0 Å². The zero-order valence-electron chi connectivity index (χ0n) is 14.4. The molecule has 2 aliphatic heterocycles. The quantitative estimate of drug-likeness (QED) is 0.848. The Labute approximate surface area is 161 Å². The van der Waals surface area contributed by atoms with Crippen molar-refractivity contribution in [2.45, 2.75) is 12.5 Å². The number of fused-ring (bicyclic) bond motifs is 1. The molecule has 0 unspecified atom stereocenters. The first-order chi connectivity index (χ1) is 13.1. The van der Waals surface area contributed by atoms with Gasteiger partial charge in [-0.15, -0.1) is 0 Å². The molecule has 1 fully saturated rings. The number of hydrogen-bond acceptors (Lipinski definition) is 4. The normalized spacial score (nSPS) is 18.3. The Bertz CT molecular complexity index is 889. The average molecular weight is 388 g/mol. The molecule has 0 bridgehead atoms. The Morgan fingerprint density at radius 3 is 2.70 bits per heavy atom. The second kappa shape index (κ2) is 7.36. The lowest BCUT2D eigenvalue weighted by Gasteiger charge is -2.22. The molecule has 2 aromatic carbocycles. The smallest absolute Gasteiger partial charge is 0.319 e.